The van der Waals surface area contributed by atoms with Crippen LogP contribution in [0.5, 0.6) is 0 Å². The highest BCUT2D eigenvalue weighted by Crippen LogP contribution is 2.31. The number of pyridine rings is 1. The molecule has 0 bridgehead atoms. The first-order valence-electron chi connectivity index (χ1n) is 5.70. The SMILES string of the molecule is Cc1cc(C)nc(Sc2cc(Cl)ccc2CN)c1. The summed E-state index contributed by atoms with van der Waals surface area (Å²) in [5.74, 6) is 0. The molecule has 18 heavy (non-hydrogen) atoms. The van der Waals surface area contributed by atoms with E-state index in [-0.39, 0.29) is 0 Å². The van der Waals surface area contributed by atoms with E-state index in [2.05, 4.69) is 24.0 Å². The van der Waals surface area contributed by atoms with Crippen LogP contribution in [-0.2, 0) is 6.54 Å². The minimum Gasteiger partial charge on any atom is -0.326 e. The van der Waals surface area contributed by atoms with Crippen molar-refractivity contribution in [2.24, 2.45) is 5.73 Å². The molecule has 2 aromatic rings. The molecule has 1 aromatic heterocycles. The quantitative estimate of drug-likeness (QED) is 0.924. The summed E-state index contributed by atoms with van der Waals surface area (Å²) >= 11 is 7.63. The van der Waals surface area contributed by atoms with Crippen molar-refractivity contribution in [2.45, 2.75) is 30.3 Å². The third-order valence-corrected chi connectivity index (χ3v) is 3.79. The van der Waals surface area contributed by atoms with Crippen LogP contribution in [-0.4, -0.2) is 4.98 Å². The number of nitrogens with two attached hydrogens (primary N) is 1. The summed E-state index contributed by atoms with van der Waals surface area (Å²) in [4.78, 5) is 5.59. The van der Waals surface area contributed by atoms with Gasteiger partial charge in [-0.25, -0.2) is 4.98 Å². The standard InChI is InChI=1S/C14H15ClN2S/c1-9-5-10(2)17-14(6-9)18-13-7-12(15)4-3-11(13)8-16/h3-7H,8,16H2,1-2H3. The second kappa shape index (κ2) is 5.74. The molecule has 0 saturated heterocycles. The molecule has 2 nitrogen and oxygen atoms in total. The Morgan fingerprint density at radius 1 is 1.22 bits per heavy atom. The number of aryl methyl sites for hydroxylation is 2. The Kier molecular flexibility index (Phi) is 4.27. The molecule has 1 heterocycles. The molecule has 0 radical (unpaired) electrons. The lowest BCUT2D eigenvalue weighted by Crippen LogP contribution is -1.98. The number of halogens is 1. The van der Waals surface area contributed by atoms with Crippen LogP contribution in [0.1, 0.15) is 16.8 Å². The summed E-state index contributed by atoms with van der Waals surface area (Å²) in [6.07, 6.45) is 0. The lowest BCUT2D eigenvalue weighted by molar-refractivity contribution is 1.01. The Bertz CT molecular complexity index is 549. The second-order valence-corrected chi connectivity index (χ2v) is 5.68. The minimum absolute atomic E-state index is 0.504. The van der Waals surface area contributed by atoms with Gasteiger partial charge in [0.1, 0.15) is 5.03 Å². The third kappa shape index (κ3) is 3.25. The number of rotatable bonds is 3. The van der Waals surface area contributed by atoms with E-state index in [0.29, 0.717) is 6.54 Å². The molecule has 2 rings (SSSR count). The van der Waals surface area contributed by atoms with Gasteiger partial charge in [0.15, 0.2) is 0 Å². The summed E-state index contributed by atoms with van der Waals surface area (Å²) in [5.41, 5.74) is 9.06. The van der Waals surface area contributed by atoms with Gasteiger partial charge in [-0.2, -0.15) is 0 Å². The molecular formula is C14H15ClN2S. The third-order valence-electron chi connectivity index (χ3n) is 2.54. The van der Waals surface area contributed by atoms with E-state index < -0.39 is 0 Å². The number of nitrogens with zero attached hydrogens (tertiary/aromatic N) is 1. The summed E-state index contributed by atoms with van der Waals surface area (Å²) in [7, 11) is 0. The largest absolute Gasteiger partial charge is 0.326 e. The van der Waals surface area contributed by atoms with Gasteiger partial charge in [0.2, 0.25) is 0 Å². The maximum absolute atomic E-state index is 6.03. The Balaban J connectivity index is 2.35. The highest BCUT2D eigenvalue weighted by Gasteiger charge is 2.06. The van der Waals surface area contributed by atoms with Crippen molar-refractivity contribution in [3.8, 4) is 0 Å². The van der Waals surface area contributed by atoms with Crippen LogP contribution in [0.2, 0.25) is 5.02 Å². The molecule has 0 unspecified atom stereocenters. The molecule has 1 aromatic carbocycles. The van der Waals surface area contributed by atoms with Crippen molar-refractivity contribution in [1.82, 2.24) is 4.98 Å². The summed E-state index contributed by atoms with van der Waals surface area (Å²) in [5, 5.41) is 1.70. The Morgan fingerprint density at radius 3 is 2.67 bits per heavy atom. The lowest BCUT2D eigenvalue weighted by atomic mass is 10.2. The summed E-state index contributed by atoms with van der Waals surface area (Å²) in [6, 6.07) is 9.90. The topological polar surface area (TPSA) is 38.9 Å². The average molecular weight is 279 g/mol. The monoisotopic (exact) mass is 278 g/mol. The van der Waals surface area contributed by atoms with Gasteiger partial charge in [0, 0.05) is 22.2 Å². The van der Waals surface area contributed by atoms with Crippen LogP contribution in [0.4, 0.5) is 0 Å². The van der Waals surface area contributed by atoms with Gasteiger partial charge in [-0.3, -0.25) is 0 Å². The summed E-state index contributed by atoms with van der Waals surface area (Å²) in [6.45, 7) is 4.57. The predicted octanol–water partition coefficient (Wildman–Crippen LogP) is 3.96. The van der Waals surface area contributed by atoms with Crippen molar-refractivity contribution in [3.63, 3.8) is 0 Å². The fraction of sp³-hybridized carbons (Fsp3) is 0.214. The van der Waals surface area contributed by atoms with Crippen molar-refractivity contribution in [1.29, 1.82) is 0 Å². The van der Waals surface area contributed by atoms with Crippen molar-refractivity contribution < 1.29 is 0 Å². The van der Waals surface area contributed by atoms with Crippen LogP contribution in [0.3, 0.4) is 0 Å². The van der Waals surface area contributed by atoms with E-state index in [1.54, 1.807) is 11.8 Å². The van der Waals surface area contributed by atoms with Crippen LogP contribution < -0.4 is 5.73 Å². The van der Waals surface area contributed by atoms with E-state index in [9.17, 15) is 0 Å². The van der Waals surface area contributed by atoms with Gasteiger partial charge < -0.3 is 5.73 Å². The zero-order valence-electron chi connectivity index (χ0n) is 10.4. The highest BCUT2D eigenvalue weighted by atomic mass is 35.5. The van der Waals surface area contributed by atoms with Crippen LogP contribution >= 0.6 is 23.4 Å². The average Bonchev–Trinajstić information content (AvgIpc) is 2.27. The normalized spacial score (nSPS) is 10.7. The molecule has 4 heteroatoms. The minimum atomic E-state index is 0.504. The molecular weight excluding hydrogens is 264 g/mol. The first-order valence-corrected chi connectivity index (χ1v) is 6.89. The van der Waals surface area contributed by atoms with Crippen LogP contribution in [0.25, 0.3) is 0 Å². The Labute approximate surface area is 117 Å². The first kappa shape index (κ1) is 13.4. The van der Waals surface area contributed by atoms with E-state index >= 15 is 0 Å². The smallest absolute Gasteiger partial charge is 0.101 e. The van der Waals surface area contributed by atoms with Gasteiger partial charge in [-0.05, 0) is 49.2 Å². The van der Waals surface area contributed by atoms with Crippen molar-refractivity contribution in [3.05, 3.63) is 52.2 Å². The number of benzene rings is 1. The van der Waals surface area contributed by atoms with Crippen molar-refractivity contribution in [2.75, 3.05) is 0 Å². The van der Waals surface area contributed by atoms with E-state index in [1.165, 1.54) is 5.56 Å². The predicted molar refractivity (Wildman–Crippen MR) is 77.2 cm³/mol. The van der Waals surface area contributed by atoms with Crippen molar-refractivity contribution >= 4 is 23.4 Å². The molecule has 0 atom stereocenters. The van der Waals surface area contributed by atoms with Gasteiger partial charge in [-0.15, -0.1) is 0 Å². The molecule has 0 amide bonds. The maximum Gasteiger partial charge on any atom is 0.101 e. The molecule has 0 aliphatic heterocycles. The Hall–Kier alpha value is -1.03. The summed E-state index contributed by atoms with van der Waals surface area (Å²) < 4.78 is 0. The van der Waals surface area contributed by atoms with E-state index in [4.69, 9.17) is 17.3 Å². The van der Waals surface area contributed by atoms with Gasteiger partial charge in [-0.1, -0.05) is 29.4 Å². The molecule has 0 fully saturated rings. The molecule has 0 aliphatic carbocycles. The zero-order valence-corrected chi connectivity index (χ0v) is 12.0. The number of aromatic nitrogens is 1. The van der Waals surface area contributed by atoms with E-state index in [0.717, 1.165) is 26.2 Å². The second-order valence-electron chi connectivity index (χ2n) is 4.18. The van der Waals surface area contributed by atoms with Gasteiger partial charge in [0.05, 0.1) is 0 Å². The molecule has 0 saturated carbocycles. The van der Waals surface area contributed by atoms with Crippen LogP contribution in [0, 0.1) is 13.8 Å². The highest BCUT2D eigenvalue weighted by molar-refractivity contribution is 7.99. The lowest BCUT2D eigenvalue weighted by Gasteiger charge is -2.08. The molecule has 2 N–H and O–H groups in total. The molecule has 94 valence electrons. The fourth-order valence-electron chi connectivity index (χ4n) is 1.76. The molecule has 0 spiro atoms. The Morgan fingerprint density at radius 2 is 2.00 bits per heavy atom. The first-order chi connectivity index (χ1) is 8.58. The number of hydrogen-bond donors (Lipinski definition) is 1. The molecule has 0 aliphatic rings. The zero-order chi connectivity index (χ0) is 13.1. The maximum atomic E-state index is 6.03. The van der Waals surface area contributed by atoms with Gasteiger partial charge in [0.25, 0.3) is 0 Å². The number of hydrogen-bond acceptors (Lipinski definition) is 3. The van der Waals surface area contributed by atoms with E-state index in [1.807, 2.05) is 25.1 Å². The van der Waals surface area contributed by atoms with Gasteiger partial charge >= 0.3 is 0 Å². The fourth-order valence-corrected chi connectivity index (χ4v) is 3.13. The van der Waals surface area contributed by atoms with Crippen LogP contribution in [0.15, 0.2) is 40.3 Å².